The fraction of sp³-hybridized carbons (Fsp3) is 0.571. The van der Waals surface area contributed by atoms with Gasteiger partial charge in [-0.25, -0.2) is 0 Å². The van der Waals surface area contributed by atoms with Crippen molar-refractivity contribution in [2.45, 2.75) is 19.6 Å². The van der Waals surface area contributed by atoms with E-state index in [1.165, 1.54) is 0 Å². The van der Waals surface area contributed by atoms with Gasteiger partial charge in [0.05, 0.1) is 6.61 Å². The van der Waals surface area contributed by atoms with Crippen LogP contribution in [-0.2, 0) is 6.54 Å². The molecule has 5 nitrogen and oxygen atoms in total. The van der Waals surface area contributed by atoms with Gasteiger partial charge in [-0.2, -0.15) is 0 Å². The van der Waals surface area contributed by atoms with Crippen molar-refractivity contribution >= 4 is 0 Å². The molecule has 0 saturated heterocycles. The summed E-state index contributed by atoms with van der Waals surface area (Å²) in [5.41, 5.74) is 6.55. The van der Waals surface area contributed by atoms with E-state index in [0.29, 0.717) is 25.4 Å². The molecular weight excluding hydrogens is 244 g/mol. The molecule has 1 unspecified atom stereocenters. The lowest BCUT2D eigenvalue weighted by Crippen LogP contribution is -2.37. The number of aliphatic hydroxyl groups is 2. The molecule has 0 heterocycles. The van der Waals surface area contributed by atoms with Gasteiger partial charge < -0.3 is 20.7 Å². The average molecular weight is 268 g/mol. The minimum absolute atomic E-state index is 0.0947. The van der Waals surface area contributed by atoms with Crippen LogP contribution in [0.3, 0.4) is 0 Å². The maximum absolute atomic E-state index is 9.92. The second kappa shape index (κ2) is 8.87. The summed E-state index contributed by atoms with van der Waals surface area (Å²) in [6, 6.07) is 7.54. The topological polar surface area (TPSA) is 79.0 Å². The van der Waals surface area contributed by atoms with Crippen LogP contribution in [0.4, 0.5) is 0 Å². The van der Waals surface area contributed by atoms with Gasteiger partial charge in [0.15, 0.2) is 0 Å². The van der Waals surface area contributed by atoms with Crippen LogP contribution in [0, 0.1) is 0 Å². The summed E-state index contributed by atoms with van der Waals surface area (Å²) < 4.78 is 5.59. The lowest BCUT2D eigenvalue weighted by molar-refractivity contribution is 0.0635. The summed E-state index contributed by atoms with van der Waals surface area (Å²) in [5, 5.41) is 18.8. The molecule has 108 valence electrons. The number of hydrogen-bond donors (Lipinski definition) is 3. The Morgan fingerprint density at radius 1 is 1.37 bits per heavy atom. The van der Waals surface area contributed by atoms with Gasteiger partial charge >= 0.3 is 0 Å². The van der Waals surface area contributed by atoms with E-state index in [4.69, 9.17) is 15.6 Å². The largest absolute Gasteiger partial charge is 0.491 e. The maximum Gasteiger partial charge on any atom is 0.123 e. The first-order valence-corrected chi connectivity index (χ1v) is 6.63. The van der Waals surface area contributed by atoms with Crippen LogP contribution in [0.25, 0.3) is 0 Å². The highest BCUT2D eigenvalue weighted by Gasteiger charge is 2.11. The van der Waals surface area contributed by atoms with Gasteiger partial charge in [-0.15, -0.1) is 0 Å². The zero-order valence-electron chi connectivity index (χ0n) is 11.5. The Morgan fingerprint density at radius 2 is 2.11 bits per heavy atom. The molecule has 0 radical (unpaired) electrons. The van der Waals surface area contributed by atoms with E-state index in [-0.39, 0.29) is 13.2 Å². The van der Waals surface area contributed by atoms with E-state index in [1.54, 1.807) is 0 Å². The highest BCUT2D eigenvalue weighted by atomic mass is 16.5. The van der Waals surface area contributed by atoms with Crippen molar-refractivity contribution in [3.05, 3.63) is 29.8 Å². The van der Waals surface area contributed by atoms with Crippen molar-refractivity contribution < 1.29 is 14.9 Å². The lowest BCUT2D eigenvalue weighted by Gasteiger charge is -2.23. The van der Waals surface area contributed by atoms with Crippen molar-refractivity contribution in [3.63, 3.8) is 0 Å². The van der Waals surface area contributed by atoms with E-state index in [2.05, 4.69) is 0 Å². The molecule has 0 aliphatic carbocycles. The summed E-state index contributed by atoms with van der Waals surface area (Å²) in [7, 11) is 0. The lowest BCUT2D eigenvalue weighted by atomic mass is 10.2. The minimum atomic E-state index is -0.586. The molecule has 1 atom stereocenters. The summed E-state index contributed by atoms with van der Waals surface area (Å²) in [4.78, 5) is 1.98. The van der Waals surface area contributed by atoms with Crippen molar-refractivity contribution in [1.29, 1.82) is 0 Å². The standard InChI is InChI=1S/C14H24N2O3/c1-2-16(7-8-17)10-13(18)11-19-14-6-4-3-5-12(14)9-15/h3-6,13,17-18H,2,7-11,15H2,1H3. The van der Waals surface area contributed by atoms with Crippen LogP contribution >= 0.6 is 0 Å². The molecule has 0 saturated carbocycles. The molecule has 0 amide bonds. The summed E-state index contributed by atoms with van der Waals surface area (Å²) in [6.45, 7) is 4.56. The van der Waals surface area contributed by atoms with E-state index in [1.807, 2.05) is 36.1 Å². The Labute approximate surface area is 114 Å². The predicted octanol–water partition coefficient (Wildman–Crippen LogP) is 0.199. The van der Waals surface area contributed by atoms with Gasteiger partial charge in [-0.3, -0.25) is 4.90 Å². The van der Waals surface area contributed by atoms with Crippen LogP contribution in [0.1, 0.15) is 12.5 Å². The van der Waals surface area contributed by atoms with Gasteiger partial charge in [0, 0.05) is 25.2 Å². The normalized spacial score (nSPS) is 12.7. The minimum Gasteiger partial charge on any atom is -0.491 e. The Bertz CT molecular complexity index is 360. The second-order valence-electron chi connectivity index (χ2n) is 4.39. The first kappa shape index (κ1) is 15.9. The van der Waals surface area contributed by atoms with Crippen molar-refractivity contribution in [3.8, 4) is 5.75 Å². The second-order valence-corrected chi connectivity index (χ2v) is 4.39. The van der Waals surface area contributed by atoms with Crippen LogP contribution in [0.5, 0.6) is 5.75 Å². The van der Waals surface area contributed by atoms with E-state index < -0.39 is 6.10 Å². The molecular formula is C14H24N2O3. The van der Waals surface area contributed by atoms with E-state index in [0.717, 1.165) is 12.1 Å². The quantitative estimate of drug-likeness (QED) is 0.596. The predicted molar refractivity (Wildman–Crippen MR) is 75.0 cm³/mol. The summed E-state index contributed by atoms with van der Waals surface area (Å²) in [5.74, 6) is 0.717. The van der Waals surface area contributed by atoms with E-state index in [9.17, 15) is 5.11 Å². The molecule has 0 aromatic heterocycles. The number of hydrogen-bond acceptors (Lipinski definition) is 5. The smallest absolute Gasteiger partial charge is 0.123 e. The average Bonchev–Trinajstić information content (AvgIpc) is 2.44. The number of ether oxygens (including phenoxy) is 1. The molecule has 4 N–H and O–H groups in total. The first-order valence-electron chi connectivity index (χ1n) is 6.63. The Morgan fingerprint density at radius 3 is 2.74 bits per heavy atom. The van der Waals surface area contributed by atoms with Crippen molar-refractivity contribution in [2.75, 3.05) is 32.8 Å². The van der Waals surface area contributed by atoms with Crippen LogP contribution in [-0.4, -0.2) is 54.1 Å². The molecule has 1 aromatic rings. The van der Waals surface area contributed by atoms with Gasteiger partial charge in [-0.05, 0) is 12.6 Å². The number of likely N-dealkylation sites (N-methyl/N-ethyl adjacent to an activating group) is 1. The number of nitrogens with zero attached hydrogens (tertiary/aromatic N) is 1. The first-order chi connectivity index (χ1) is 9.21. The zero-order chi connectivity index (χ0) is 14.1. The zero-order valence-corrected chi connectivity index (χ0v) is 11.5. The molecule has 1 rings (SSSR count). The number of nitrogens with two attached hydrogens (primary N) is 1. The third-order valence-electron chi connectivity index (χ3n) is 2.96. The van der Waals surface area contributed by atoms with Crippen LogP contribution in [0.15, 0.2) is 24.3 Å². The van der Waals surface area contributed by atoms with Gasteiger partial charge in [0.2, 0.25) is 0 Å². The summed E-state index contributed by atoms with van der Waals surface area (Å²) >= 11 is 0. The fourth-order valence-corrected chi connectivity index (χ4v) is 1.87. The van der Waals surface area contributed by atoms with Crippen LogP contribution in [0.2, 0.25) is 0 Å². The summed E-state index contributed by atoms with van der Waals surface area (Å²) in [6.07, 6.45) is -0.586. The molecule has 5 heteroatoms. The van der Waals surface area contributed by atoms with Gasteiger partial charge in [0.25, 0.3) is 0 Å². The monoisotopic (exact) mass is 268 g/mol. The molecule has 0 bridgehead atoms. The van der Waals surface area contributed by atoms with Gasteiger partial charge in [-0.1, -0.05) is 25.1 Å². The molecule has 0 spiro atoms. The SMILES string of the molecule is CCN(CCO)CC(O)COc1ccccc1CN. The number of aliphatic hydroxyl groups excluding tert-OH is 2. The highest BCUT2D eigenvalue weighted by molar-refractivity contribution is 5.32. The highest BCUT2D eigenvalue weighted by Crippen LogP contribution is 2.17. The van der Waals surface area contributed by atoms with E-state index >= 15 is 0 Å². The number of benzene rings is 1. The van der Waals surface area contributed by atoms with Crippen molar-refractivity contribution in [2.24, 2.45) is 5.73 Å². The molecule has 0 aliphatic heterocycles. The Balaban J connectivity index is 2.42. The third-order valence-corrected chi connectivity index (χ3v) is 2.96. The van der Waals surface area contributed by atoms with Crippen molar-refractivity contribution in [1.82, 2.24) is 4.90 Å². The fourth-order valence-electron chi connectivity index (χ4n) is 1.87. The molecule has 19 heavy (non-hydrogen) atoms. The van der Waals surface area contributed by atoms with Gasteiger partial charge in [0.1, 0.15) is 18.5 Å². The molecule has 0 fully saturated rings. The number of para-hydroxylation sites is 1. The molecule has 1 aromatic carbocycles. The third kappa shape index (κ3) is 5.57. The maximum atomic E-state index is 9.92. The Hall–Kier alpha value is -1.14. The number of rotatable bonds is 9. The van der Waals surface area contributed by atoms with Crippen LogP contribution < -0.4 is 10.5 Å². The Kier molecular flexibility index (Phi) is 7.43. The molecule has 0 aliphatic rings.